The molecule has 0 N–H and O–H groups in total. The van der Waals surface area contributed by atoms with Gasteiger partial charge < -0.3 is 14.4 Å². The van der Waals surface area contributed by atoms with Gasteiger partial charge in [-0.3, -0.25) is 0 Å². The van der Waals surface area contributed by atoms with Crippen LogP contribution in [-0.2, 0) is 20.1 Å². The first kappa shape index (κ1) is 22.6. The molecule has 0 atom stereocenters. The molecule has 10 heavy (non-hydrogen) atoms. The first-order valence-electron chi connectivity index (χ1n) is 1.24. The zero-order chi connectivity index (χ0) is 9.58. The van der Waals surface area contributed by atoms with Crippen LogP contribution in [0.4, 0.5) is 0 Å². The summed E-state index contributed by atoms with van der Waals surface area (Å²) in [6, 6.07) is 0. The van der Waals surface area contributed by atoms with Crippen LogP contribution in [0.1, 0.15) is 0 Å². The first-order valence-corrected chi connectivity index (χ1v) is 21.6. The third-order valence-corrected chi connectivity index (χ3v) is 0. The monoisotopic (exact) mass is 664 g/mol. The number of carbonyl (C=O) groups is 3. The van der Waals surface area contributed by atoms with Crippen molar-refractivity contribution in [1.29, 1.82) is 0 Å². The van der Waals surface area contributed by atoms with Gasteiger partial charge in [0.1, 0.15) is 20.4 Å². The van der Waals surface area contributed by atoms with Crippen LogP contribution in [0.2, 0.25) is 0 Å². The summed E-state index contributed by atoms with van der Waals surface area (Å²) in [6.45, 7) is 6.00. The van der Waals surface area contributed by atoms with E-state index in [-0.39, 0.29) is 0 Å². The van der Waals surface area contributed by atoms with Gasteiger partial charge in [0, 0.05) is 0 Å². The Morgan fingerprint density at radius 1 is 0.700 bits per heavy atom. The standard InChI is InChI=1S/3CH2O.3HI.Ir/c3*1-2;;;;/h3*1H2;3*1H;/q;;;;;;+3/p-3. The molecule has 0 aromatic carbocycles. The average molecular weight is 663 g/mol. The summed E-state index contributed by atoms with van der Waals surface area (Å²) in [4.78, 5) is 24.0. The molecule has 0 aromatic heterocycles. The van der Waals surface area contributed by atoms with Gasteiger partial charge in [0.15, 0.2) is 0 Å². The van der Waals surface area contributed by atoms with Crippen LogP contribution in [0.25, 0.3) is 0 Å². The van der Waals surface area contributed by atoms with Crippen molar-refractivity contribution < 1.29 is 20.1 Å². The number of halogens is 3. The van der Waals surface area contributed by atoms with Gasteiger partial charge in [-0.1, -0.05) is 0 Å². The van der Waals surface area contributed by atoms with E-state index in [4.69, 9.17) is 14.4 Å². The van der Waals surface area contributed by atoms with Gasteiger partial charge in [-0.2, -0.15) is 0 Å². The van der Waals surface area contributed by atoms with Crippen molar-refractivity contribution in [3.8, 4) is 0 Å². The van der Waals surface area contributed by atoms with Crippen molar-refractivity contribution in [3.63, 3.8) is 0 Å². The Kier molecular flexibility index (Phi) is 101. The molecule has 7 heteroatoms. The van der Waals surface area contributed by atoms with E-state index in [0.29, 0.717) is 0 Å². The molecule has 66 valence electrons. The summed E-state index contributed by atoms with van der Waals surface area (Å²) in [5.74, 6) is -0.423. The van der Waals surface area contributed by atoms with Gasteiger partial charge in [-0.15, -0.1) is 0 Å². The Morgan fingerprint density at radius 2 is 0.700 bits per heavy atom. The van der Waals surface area contributed by atoms with E-state index in [1.807, 2.05) is 20.4 Å². The topological polar surface area (TPSA) is 51.2 Å². The summed E-state index contributed by atoms with van der Waals surface area (Å²) in [7, 11) is 0. The van der Waals surface area contributed by atoms with E-state index in [9.17, 15) is 0 Å². The molecule has 0 spiro atoms. The number of hydrogen-bond donors (Lipinski definition) is 0. The second-order valence-corrected chi connectivity index (χ2v) is 52.6. The van der Waals surface area contributed by atoms with Crippen molar-refractivity contribution in [2.24, 2.45) is 0 Å². The molecular formula is C3H6I3IrO3. The Bertz CT molecular complexity index is 40.5. The second kappa shape index (κ2) is 44.8. The van der Waals surface area contributed by atoms with Crippen LogP contribution in [0.15, 0.2) is 0 Å². The summed E-state index contributed by atoms with van der Waals surface area (Å²) < 4.78 is 0. The fourth-order valence-corrected chi connectivity index (χ4v) is 0. The molecule has 0 aliphatic heterocycles. The summed E-state index contributed by atoms with van der Waals surface area (Å²) >= 11 is 7.45. The first-order chi connectivity index (χ1) is 4.73. The molecule has 0 saturated carbocycles. The van der Waals surface area contributed by atoms with Gasteiger partial charge in [0.05, 0.1) is 0 Å². The predicted octanol–water partition coefficient (Wildman–Crippen LogP) is 2.10. The number of carbonyl (C=O) groups excluding carboxylic acids is 3. The predicted molar refractivity (Wildman–Crippen MR) is 63.4 cm³/mol. The number of hydrogen-bond acceptors (Lipinski definition) is 3. The van der Waals surface area contributed by atoms with Crippen molar-refractivity contribution in [2.45, 2.75) is 0 Å². The molecule has 0 heterocycles. The Labute approximate surface area is 97.4 Å². The van der Waals surface area contributed by atoms with E-state index in [1.54, 1.807) is 0 Å². The molecule has 0 amide bonds. The zero-order valence-corrected chi connectivity index (χ0v) is 13.7. The second-order valence-electron chi connectivity index (χ2n) is 0.143. The molecule has 0 aliphatic carbocycles. The van der Waals surface area contributed by atoms with Crippen molar-refractivity contribution in [3.05, 3.63) is 0 Å². The van der Waals surface area contributed by atoms with E-state index in [2.05, 4.69) is 58.8 Å². The fraction of sp³-hybridized carbons (Fsp3) is 0. The van der Waals surface area contributed by atoms with Gasteiger partial charge >= 0.3 is 64.5 Å². The van der Waals surface area contributed by atoms with E-state index in [0.717, 1.165) is 0 Å². The quantitative estimate of drug-likeness (QED) is 0.374. The van der Waals surface area contributed by atoms with Crippen molar-refractivity contribution >= 4 is 79.1 Å². The van der Waals surface area contributed by atoms with Crippen LogP contribution >= 0.6 is 58.8 Å². The van der Waals surface area contributed by atoms with Crippen LogP contribution < -0.4 is 0 Å². The van der Waals surface area contributed by atoms with E-state index in [1.165, 1.54) is 0 Å². The van der Waals surface area contributed by atoms with Gasteiger partial charge in [-0.25, -0.2) is 0 Å². The van der Waals surface area contributed by atoms with E-state index >= 15 is 0 Å². The Balaban J connectivity index is -0.0000000262. The molecule has 0 saturated heterocycles. The maximum atomic E-state index is 8.00. The maximum absolute atomic E-state index is 8.00. The normalized spacial score (nSPS) is 5.70. The molecule has 0 fully saturated rings. The minimum absolute atomic E-state index is 0.423. The van der Waals surface area contributed by atoms with Gasteiger partial charge in [0.25, 0.3) is 0 Å². The number of rotatable bonds is 0. The van der Waals surface area contributed by atoms with Crippen molar-refractivity contribution in [1.82, 2.24) is 0 Å². The molecule has 3 nitrogen and oxygen atoms in total. The molecule has 0 bridgehead atoms. The van der Waals surface area contributed by atoms with Crippen molar-refractivity contribution in [2.75, 3.05) is 0 Å². The summed E-state index contributed by atoms with van der Waals surface area (Å²) in [5, 5.41) is 0. The van der Waals surface area contributed by atoms with E-state index < -0.39 is 5.75 Å². The van der Waals surface area contributed by atoms with Crippen LogP contribution in [0.5, 0.6) is 0 Å². The third kappa shape index (κ3) is 226. The summed E-state index contributed by atoms with van der Waals surface area (Å²) in [6.07, 6.45) is 0. The Morgan fingerprint density at radius 3 is 0.700 bits per heavy atom. The zero-order valence-electron chi connectivity index (χ0n) is 4.81. The molecular weight excluding hydrogens is 657 g/mol. The van der Waals surface area contributed by atoms with Crippen LogP contribution in [0, 0.1) is 0 Å². The third-order valence-electron chi connectivity index (χ3n) is 0. The molecule has 0 aromatic rings. The fourth-order valence-electron chi connectivity index (χ4n) is 0. The molecule has 0 aliphatic rings. The average Bonchev–Trinajstić information content (AvgIpc) is 1.98. The SMILES string of the molecule is C=O.C=O.C=O.[I][Ir]([I])[I]. The summed E-state index contributed by atoms with van der Waals surface area (Å²) in [5.41, 5.74) is 0. The molecule has 0 unspecified atom stereocenters. The Hall–Kier alpha value is 1.85. The van der Waals surface area contributed by atoms with Gasteiger partial charge in [-0.05, 0) is 0 Å². The van der Waals surface area contributed by atoms with Gasteiger partial charge in [0.2, 0.25) is 0 Å². The minimum atomic E-state index is -0.423. The van der Waals surface area contributed by atoms with Crippen LogP contribution in [0.3, 0.4) is 0 Å². The molecule has 0 radical (unpaired) electrons. The molecule has 0 rings (SSSR count). The van der Waals surface area contributed by atoms with Crippen LogP contribution in [-0.4, -0.2) is 20.4 Å².